The number of nitrogens with one attached hydrogen (secondary N) is 1. The monoisotopic (exact) mass is 840 g/mol. The zero-order valence-electron chi connectivity index (χ0n) is 37.4. The first-order valence-electron chi connectivity index (χ1n) is 23.5. The third kappa shape index (κ3) is 30.2. The van der Waals surface area contributed by atoms with Crippen molar-refractivity contribution in [3.05, 3.63) is 97.2 Å². The number of aliphatic hydroxyl groups is 5. The predicted octanol–water partition coefficient (Wildman–Crippen LogP) is 10.1. The van der Waals surface area contributed by atoms with Crippen molar-refractivity contribution in [1.82, 2.24) is 5.32 Å². The molecule has 1 rings (SSSR count). The van der Waals surface area contributed by atoms with Crippen LogP contribution in [0.1, 0.15) is 162 Å². The average Bonchev–Trinajstić information content (AvgIpc) is 3.25. The van der Waals surface area contributed by atoms with E-state index in [9.17, 15) is 30.3 Å². The van der Waals surface area contributed by atoms with E-state index in [1.165, 1.54) is 38.5 Å². The molecule has 1 fully saturated rings. The number of allylic oxidation sites excluding steroid dienone is 15. The summed E-state index contributed by atoms with van der Waals surface area (Å²) in [5.41, 5.74) is 0. The Hall–Kier alpha value is -2.89. The molecule has 342 valence electrons. The molecule has 0 aromatic carbocycles. The van der Waals surface area contributed by atoms with Crippen molar-refractivity contribution in [3.63, 3.8) is 0 Å². The van der Waals surface area contributed by atoms with E-state index in [0.29, 0.717) is 6.42 Å². The minimum absolute atomic E-state index is 0.201. The number of hydrogen-bond acceptors (Lipinski definition) is 8. The molecule has 0 saturated carbocycles. The van der Waals surface area contributed by atoms with Gasteiger partial charge < -0.3 is 40.3 Å². The number of unbranched alkanes of at least 4 members (excludes halogenated alkanes) is 13. The highest BCUT2D eigenvalue weighted by atomic mass is 16.7. The van der Waals surface area contributed by atoms with Gasteiger partial charge in [0.15, 0.2) is 6.29 Å². The largest absolute Gasteiger partial charge is 0.394 e. The highest BCUT2D eigenvalue weighted by Crippen LogP contribution is 2.22. The van der Waals surface area contributed by atoms with Crippen molar-refractivity contribution in [2.45, 2.75) is 204 Å². The first-order valence-corrected chi connectivity index (χ1v) is 23.5. The van der Waals surface area contributed by atoms with Crippen LogP contribution in [-0.2, 0) is 14.3 Å². The summed E-state index contributed by atoms with van der Waals surface area (Å²) in [7, 11) is 0. The third-order valence-corrected chi connectivity index (χ3v) is 10.4. The van der Waals surface area contributed by atoms with E-state index < -0.39 is 49.5 Å². The number of amides is 1. The quantitative estimate of drug-likeness (QED) is 0.0268. The van der Waals surface area contributed by atoms with Gasteiger partial charge in [0.1, 0.15) is 24.4 Å². The molecule has 60 heavy (non-hydrogen) atoms. The van der Waals surface area contributed by atoms with Crippen LogP contribution in [0.2, 0.25) is 0 Å². The minimum Gasteiger partial charge on any atom is -0.394 e. The van der Waals surface area contributed by atoms with Gasteiger partial charge in [-0.2, -0.15) is 0 Å². The van der Waals surface area contributed by atoms with Crippen LogP contribution in [0.25, 0.3) is 0 Å². The lowest BCUT2D eigenvalue weighted by molar-refractivity contribution is -0.302. The fourth-order valence-electron chi connectivity index (χ4n) is 6.63. The molecule has 1 aliphatic heterocycles. The average molecular weight is 840 g/mol. The Labute approximate surface area is 364 Å². The molecule has 0 radical (unpaired) electrons. The number of carbonyl (C=O) groups excluding carboxylic acids is 1. The zero-order valence-corrected chi connectivity index (χ0v) is 37.4. The molecule has 7 unspecified atom stereocenters. The van der Waals surface area contributed by atoms with Crippen LogP contribution in [0.3, 0.4) is 0 Å². The maximum Gasteiger partial charge on any atom is 0.220 e. The Kier molecular flexibility index (Phi) is 36.9. The van der Waals surface area contributed by atoms with Crippen molar-refractivity contribution < 1.29 is 39.8 Å². The maximum atomic E-state index is 12.9. The van der Waals surface area contributed by atoms with Crippen LogP contribution in [0.15, 0.2) is 97.2 Å². The molecule has 7 atom stereocenters. The summed E-state index contributed by atoms with van der Waals surface area (Å²) in [4.78, 5) is 12.9. The molecular formula is C51H85NO8. The Morgan fingerprint density at radius 1 is 0.583 bits per heavy atom. The summed E-state index contributed by atoms with van der Waals surface area (Å²) in [5.74, 6) is -0.201. The number of ether oxygens (including phenoxy) is 2. The first kappa shape index (κ1) is 55.1. The number of aliphatic hydroxyl groups excluding tert-OH is 5. The van der Waals surface area contributed by atoms with Gasteiger partial charge in [-0.15, -0.1) is 0 Å². The van der Waals surface area contributed by atoms with E-state index in [1.807, 2.05) is 6.08 Å². The van der Waals surface area contributed by atoms with Crippen LogP contribution >= 0.6 is 0 Å². The lowest BCUT2D eigenvalue weighted by atomic mass is 9.99. The van der Waals surface area contributed by atoms with Gasteiger partial charge in [0.2, 0.25) is 5.91 Å². The van der Waals surface area contributed by atoms with Gasteiger partial charge >= 0.3 is 0 Å². The second-order valence-electron chi connectivity index (χ2n) is 15.8. The second kappa shape index (κ2) is 40.2. The summed E-state index contributed by atoms with van der Waals surface area (Å²) < 4.78 is 11.1. The first-order chi connectivity index (χ1) is 29.3. The Morgan fingerprint density at radius 2 is 1.05 bits per heavy atom. The van der Waals surface area contributed by atoms with Gasteiger partial charge in [0.25, 0.3) is 0 Å². The van der Waals surface area contributed by atoms with Gasteiger partial charge in [-0.3, -0.25) is 4.79 Å². The van der Waals surface area contributed by atoms with Crippen molar-refractivity contribution in [3.8, 4) is 0 Å². The van der Waals surface area contributed by atoms with E-state index in [2.05, 4.69) is 104 Å². The Balaban J connectivity index is 2.20. The number of carbonyl (C=O) groups is 1. The van der Waals surface area contributed by atoms with Gasteiger partial charge in [-0.05, 0) is 77.0 Å². The van der Waals surface area contributed by atoms with Crippen LogP contribution in [-0.4, -0.2) is 87.5 Å². The zero-order chi connectivity index (χ0) is 43.7. The maximum absolute atomic E-state index is 12.9. The summed E-state index contributed by atoms with van der Waals surface area (Å²) in [6.45, 7) is 3.54. The van der Waals surface area contributed by atoms with Crippen molar-refractivity contribution in [2.75, 3.05) is 13.2 Å². The molecule has 0 aliphatic carbocycles. The molecule has 6 N–H and O–H groups in total. The van der Waals surface area contributed by atoms with Gasteiger partial charge in [0.05, 0.1) is 25.4 Å². The van der Waals surface area contributed by atoms with Crippen LogP contribution < -0.4 is 5.32 Å². The van der Waals surface area contributed by atoms with Crippen LogP contribution in [0.5, 0.6) is 0 Å². The molecule has 0 aromatic rings. The minimum atomic E-state index is -1.58. The highest BCUT2D eigenvalue weighted by Gasteiger charge is 2.44. The van der Waals surface area contributed by atoms with Gasteiger partial charge in [0, 0.05) is 6.42 Å². The topological polar surface area (TPSA) is 149 Å². The molecule has 1 aliphatic rings. The van der Waals surface area contributed by atoms with Crippen molar-refractivity contribution in [2.24, 2.45) is 0 Å². The molecule has 9 heteroatoms. The smallest absolute Gasteiger partial charge is 0.220 e. The normalized spacial score (nSPS) is 21.5. The van der Waals surface area contributed by atoms with Crippen molar-refractivity contribution in [1.29, 1.82) is 0 Å². The second-order valence-corrected chi connectivity index (χ2v) is 15.8. The fraction of sp³-hybridized carbons (Fsp3) is 0.667. The molecule has 0 aromatic heterocycles. The summed E-state index contributed by atoms with van der Waals surface area (Å²) >= 11 is 0. The van der Waals surface area contributed by atoms with E-state index in [4.69, 9.17) is 9.47 Å². The predicted molar refractivity (Wildman–Crippen MR) is 248 cm³/mol. The SMILES string of the molecule is CC/C=C\C/C=C\C/C=C\C/C=C\C/C=C\C/C=C\CCCCCCCCCCCCC(=O)NC(COC1OC(CO)C(O)C(O)C1O)C(O)/C=C/CC/C=C/CCCC. The molecule has 1 heterocycles. The van der Waals surface area contributed by atoms with E-state index in [0.717, 1.165) is 103 Å². The standard InChI is InChI=1S/C51H85NO8/c1-3-5-7-9-11-13-14-15-16-17-18-19-20-21-22-23-24-25-26-27-28-29-30-31-32-33-35-37-39-41-47(55)52-44(45(54)40-38-36-34-12-10-8-6-4-2)43-59-51-50(58)49(57)48(56)46(42-53)60-51/h5,7,10-13,15-16,18-19,21-22,24-25,38,40,44-46,48-51,53-54,56-58H,3-4,6,8-9,14,17,20,23,26-37,39,41-43H2,1-2H3,(H,52,55)/b7-5-,12-10+,13-11-,16-15-,19-18-,22-21-,25-24-,40-38+. The molecule has 1 saturated heterocycles. The fourth-order valence-corrected chi connectivity index (χ4v) is 6.63. The Morgan fingerprint density at radius 3 is 1.60 bits per heavy atom. The van der Waals surface area contributed by atoms with E-state index in [1.54, 1.807) is 6.08 Å². The molecule has 0 bridgehead atoms. The molecule has 1 amide bonds. The van der Waals surface area contributed by atoms with E-state index in [-0.39, 0.29) is 12.5 Å². The lowest BCUT2D eigenvalue weighted by Gasteiger charge is -2.40. The number of rotatable bonds is 37. The number of hydrogen-bond donors (Lipinski definition) is 6. The summed E-state index contributed by atoms with van der Waals surface area (Å²) in [6.07, 6.45) is 50.5. The highest BCUT2D eigenvalue weighted by molar-refractivity contribution is 5.76. The van der Waals surface area contributed by atoms with E-state index >= 15 is 0 Å². The summed E-state index contributed by atoms with van der Waals surface area (Å²) in [5, 5.41) is 53.9. The van der Waals surface area contributed by atoms with Gasteiger partial charge in [-0.1, -0.05) is 175 Å². The van der Waals surface area contributed by atoms with Crippen molar-refractivity contribution >= 4 is 5.91 Å². The van der Waals surface area contributed by atoms with Crippen LogP contribution in [0.4, 0.5) is 0 Å². The molecule has 0 spiro atoms. The Bertz CT molecular complexity index is 1250. The van der Waals surface area contributed by atoms with Gasteiger partial charge in [-0.25, -0.2) is 0 Å². The molecular weight excluding hydrogens is 755 g/mol. The summed E-state index contributed by atoms with van der Waals surface area (Å²) in [6, 6.07) is -0.827. The third-order valence-electron chi connectivity index (χ3n) is 10.4. The molecule has 9 nitrogen and oxygen atoms in total. The van der Waals surface area contributed by atoms with Crippen LogP contribution in [0, 0.1) is 0 Å². The lowest BCUT2D eigenvalue weighted by Crippen LogP contribution is -2.60.